The van der Waals surface area contributed by atoms with Crippen molar-refractivity contribution in [2.45, 2.75) is 20.3 Å². The monoisotopic (exact) mass is 514 g/mol. The molecule has 0 fully saturated rings. The van der Waals surface area contributed by atoms with E-state index in [4.69, 9.17) is 16.5 Å². The SMILES string of the molecule is Cc1cc(N)c2cc(N(c3ccc4nc(C)cc(N)c4c3)c3nc(Cc4ccccc4)[nH]c(=O)n3)ccc2n1. The van der Waals surface area contributed by atoms with Gasteiger partial charge in [-0.05, 0) is 67.9 Å². The number of anilines is 5. The molecule has 0 unspecified atom stereocenters. The topological polar surface area (TPSA) is 140 Å². The Balaban J connectivity index is 1.56. The van der Waals surface area contributed by atoms with Gasteiger partial charge in [0.05, 0.1) is 11.0 Å². The summed E-state index contributed by atoms with van der Waals surface area (Å²) < 4.78 is 0. The summed E-state index contributed by atoms with van der Waals surface area (Å²) in [5.41, 5.74) is 19.1. The molecular formula is C30H26N8O. The second-order valence-corrected chi connectivity index (χ2v) is 9.51. The van der Waals surface area contributed by atoms with Crippen molar-refractivity contribution >= 4 is 50.5 Å². The fourth-order valence-electron chi connectivity index (χ4n) is 4.80. The summed E-state index contributed by atoms with van der Waals surface area (Å²) in [6.07, 6.45) is 0.446. The van der Waals surface area contributed by atoms with Crippen LogP contribution in [-0.2, 0) is 6.42 Å². The summed E-state index contributed by atoms with van der Waals surface area (Å²) in [4.78, 5) is 35.7. The Hall–Kier alpha value is -5.31. The minimum absolute atomic E-state index is 0.223. The van der Waals surface area contributed by atoms with Crippen molar-refractivity contribution in [1.82, 2.24) is 24.9 Å². The average molecular weight is 515 g/mol. The van der Waals surface area contributed by atoms with Crippen LogP contribution in [0.4, 0.5) is 28.7 Å². The molecule has 9 heteroatoms. The maximum atomic E-state index is 12.8. The van der Waals surface area contributed by atoms with E-state index in [9.17, 15) is 4.79 Å². The number of nitrogens with two attached hydrogens (primary N) is 2. The van der Waals surface area contributed by atoms with E-state index in [0.717, 1.165) is 38.8 Å². The lowest BCUT2D eigenvalue weighted by atomic mass is 10.1. The Morgan fingerprint density at radius 1 is 0.718 bits per heavy atom. The predicted molar refractivity (Wildman–Crippen MR) is 155 cm³/mol. The van der Waals surface area contributed by atoms with Gasteiger partial charge in [-0.1, -0.05) is 30.3 Å². The predicted octanol–water partition coefficient (Wildman–Crippen LogP) is 5.10. The Labute approximate surface area is 224 Å². The van der Waals surface area contributed by atoms with Crippen LogP contribution in [0, 0.1) is 13.8 Å². The number of aryl methyl sites for hydroxylation is 2. The molecule has 6 aromatic rings. The molecule has 192 valence electrons. The average Bonchev–Trinajstić information content (AvgIpc) is 2.89. The number of nitrogen functional groups attached to an aromatic ring is 2. The lowest BCUT2D eigenvalue weighted by molar-refractivity contribution is 0.873. The minimum atomic E-state index is -0.494. The number of fused-ring (bicyclic) bond motifs is 2. The van der Waals surface area contributed by atoms with Crippen LogP contribution in [0.2, 0.25) is 0 Å². The zero-order valence-electron chi connectivity index (χ0n) is 21.5. The van der Waals surface area contributed by atoms with Crippen molar-refractivity contribution < 1.29 is 0 Å². The minimum Gasteiger partial charge on any atom is -0.398 e. The van der Waals surface area contributed by atoms with Gasteiger partial charge in [-0.25, -0.2) is 4.79 Å². The van der Waals surface area contributed by atoms with Crippen LogP contribution in [0.15, 0.2) is 83.7 Å². The van der Waals surface area contributed by atoms with Crippen LogP contribution in [0.25, 0.3) is 21.8 Å². The van der Waals surface area contributed by atoms with Gasteiger partial charge in [-0.3, -0.25) is 19.9 Å². The van der Waals surface area contributed by atoms with Crippen LogP contribution in [0.5, 0.6) is 0 Å². The summed E-state index contributed by atoms with van der Waals surface area (Å²) in [7, 11) is 0. The third kappa shape index (κ3) is 4.73. The Bertz CT molecular complexity index is 1830. The van der Waals surface area contributed by atoms with E-state index in [1.807, 2.05) is 97.6 Å². The number of nitrogens with zero attached hydrogens (tertiary/aromatic N) is 5. The Morgan fingerprint density at radius 3 is 1.85 bits per heavy atom. The maximum Gasteiger partial charge on any atom is 0.349 e. The van der Waals surface area contributed by atoms with Gasteiger partial charge in [0.2, 0.25) is 5.95 Å². The number of nitrogens with one attached hydrogen (secondary N) is 1. The van der Waals surface area contributed by atoms with Crippen molar-refractivity contribution in [3.05, 3.63) is 112 Å². The first-order valence-corrected chi connectivity index (χ1v) is 12.5. The third-order valence-corrected chi connectivity index (χ3v) is 6.52. The normalized spacial score (nSPS) is 11.2. The Kier molecular flexibility index (Phi) is 5.88. The molecule has 0 aliphatic rings. The molecule has 9 nitrogen and oxygen atoms in total. The second-order valence-electron chi connectivity index (χ2n) is 9.51. The lowest BCUT2D eigenvalue weighted by Gasteiger charge is -2.24. The zero-order valence-corrected chi connectivity index (χ0v) is 21.5. The fourth-order valence-corrected chi connectivity index (χ4v) is 4.80. The molecule has 0 aliphatic heterocycles. The largest absolute Gasteiger partial charge is 0.398 e. The highest BCUT2D eigenvalue weighted by Gasteiger charge is 2.19. The summed E-state index contributed by atoms with van der Waals surface area (Å²) >= 11 is 0. The molecule has 0 bridgehead atoms. The van der Waals surface area contributed by atoms with Gasteiger partial charge in [-0.15, -0.1) is 0 Å². The van der Waals surface area contributed by atoms with Crippen LogP contribution < -0.4 is 22.1 Å². The van der Waals surface area contributed by atoms with Crippen LogP contribution in [0.3, 0.4) is 0 Å². The smallest absolute Gasteiger partial charge is 0.349 e. The van der Waals surface area contributed by atoms with Gasteiger partial charge in [-0.2, -0.15) is 9.97 Å². The number of aromatic amines is 1. The van der Waals surface area contributed by atoms with E-state index in [2.05, 4.69) is 19.9 Å². The molecule has 0 radical (unpaired) electrons. The summed E-state index contributed by atoms with van der Waals surface area (Å²) in [5.74, 6) is 0.719. The molecule has 0 saturated carbocycles. The van der Waals surface area contributed by atoms with Crippen LogP contribution >= 0.6 is 0 Å². The molecule has 0 saturated heterocycles. The van der Waals surface area contributed by atoms with Crippen molar-refractivity contribution in [2.75, 3.05) is 16.4 Å². The first kappa shape index (κ1) is 24.1. The summed E-state index contributed by atoms with van der Waals surface area (Å²) in [6.45, 7) is 3.81. The van der Waals surface area contributed by atoms with Crippen molar-refractivity contribution in [3.8, 4) is 0 Å². The molecule has 6 rings (SSSR count). The van der Waals surface area contributed by atoms with Crippen LogP contribution in [0.1, 0.15) is 22.8 Å². The second kappa shape index (κ2) is 9.53. The van der Waals surface area contributed by atoms with Crippen molar-refractivity contribution in [3.63, 3.8) is 0 Å². The quantitative estimate of drug-likeness (QED) is 0.289. The standard InChI is InChI=1S/C30H26N8O/c1-17-12-24(31)22-15-20(8-10-26(22)33-17)38(21-9-11-27-23(16-21)25(32)13-18(2)34-27)29-35-28(36-30(39)37-29)14-19-6-4-3-5-7-19/h3-13,15-16H,14H2,1-2H3,(H2,31,33)(H2,32,34)(H,35,36,37,39). The first-order valence-electron chi connectivity index (χ1n) is 12.5. The first-order chi connectivity index (χ1) is 18.8. The van der Waals surface area contributed by atoms with E-state index >= 15 is 0 Å². The van der Waals surface area contributed by atoms with Crippen LogP contribution in [-0.4, -0.2) is 24.9 Å². The number of rotatable bonds is 5. The highest BCUT2D eigenvalue weighted by molar-refractivity contribution is 5.97. The third-order valence-electron chi connectivity index (χ3n) is 6.52. The molecule has 0 amide bonds. The van der Waals surface area contributed by atoms with Gasteiger partial charge in [0, 0.05) is 51.3 Å². The highest BCUT2D eigenvalue weighted by Crippen LogP contribution is 2.37. The summed E-state index contributed by atoms with van der Waals surface area (Å²) in [6, 6.07) is 25.0. The zero-order chi connectivity index (χ0) is 27.1. The fraction of sp³-hybridized carbons (Fsp3) is 0.100. The maximum absolute atomic E-state index is 12.8. The highest BCUT2D eigenvalue weighted by atomic mass is 16.1. The van der Waals surface area contributed by atoms with Gasteiger partial charge >= 0.3 is 5.69 Å². The van der Waals surface area contributed by atoms with E-state index < -0.39 is 5.69 Å². The molecule has 3 heterocycles. The van der Waals surface area contributed by atoms with Gasteiger partial charge in [0.1, 0.15) is 5.82 Å². The molecule has 39 heavy (non-hydrogen) atoms. The van der Waals surface area contributed by atoms with E-state index in [0.29, 0.717) is 35.0 Å². The molecule has 5 N–H and O–H groups in total. The molecule has 0 spiro atoms. The molecule has 0 aliphatic carbocycles. The van der Waals surface area contributed by atoms with E-state index in [-0.39, 0.29) is 5.95 Å². The number of hydrogen-bond acceptors (Lipinski definition) is 8. The van der Waals surface area contributed by atoms with Crippen molar-refractivity contribution in [2.24, 2.45) is 0 Å². The molecule has 3 aromatic carbocycles. The molecular weight excluding hydrogens is 488 g/mol. The molecule has 0 atom stereocenters. The number of hydrogen-bond donors (Lipinski definition) is 3. The van der Waals surface area contributed by atoms with Gasteiger partial charge in [0.15, 0.2) is 0 Å². The van der Waals surface area contributed by atoms with Crippen molar-refractivity contribution in [1.29, 1.82) is 0 Å². The summed E-state index contributed by atoms with van der Waals surface area (Å²) in [5, 5.41) is 1.57. The lowest BCUT2D eigenvalue weighted by Crippen LogP contribution is -2.22. The van der Waals surface area contributed by atoms with E-state index in [1.165, 1.54) is 0 Å². The number of benzene rings is 3. The number of aromatic nitrogens is 5. The van der Waals surface area contributed by atoms with E-state index in [1.54, 1.807) is 0 Å². The molecule has 3 aromatic heterocycles. The number of H-pyrrole nitrogens is 1. The Morgan fingerprint density at radius 2 is 1.28 bits per heavy atom. The van der Waals surface area contributed by atoms with Gasteiger partial charge < -0.3 is 11.5 Å². The van der Waals surface area contributed by atoms with Gasteiger partial charge in [0.25, 0.3) is 0 Å². The number of pyridine rings is 2.